The molecule has 0 unspecified atom stereocenters. The van der Waals surface area contributed by atoms with Crippen LogP contribution in [0.5, 0.6) is 0 Å². The Hall–Kier alpha value is -9.90. The molecule has 0 radical (unpaired) electrons. The molecule has 0 bridgehead atoms. The maximum absolute atomic E-state index is 2.68. The third kappa shape index (κ3) is 6.65. The van der Waals surface area contributed by atoms with Crippen LogP contribution in [-0.2, 0) is 16.2 Å². The molecule has 0 aliphatic carbocycles. The standard InChI is InChI=1S/C82H64N4/c1-80(2,3)50-41-59(49-33-35-70-61(40-49)57-29-19-21-31-68(57)84(70)54-25-14-11-15-26-54)76-62(42-50)63-43-51(81(4,5)6)45-65-74-71(85(76)77(63)65)36-37-72-75(74)66-46-52(82(7,8)9)44-64-73-55-27-17-16-22-47(55)38-58(79(73)86(72)78(64)66)48-32-34-69-60(39-48)56-28-18-20-30-67(56)83(69)53-23-12-10-13-24-53/h10-46H,1-9H3. The second kappa shape index (κ2) is 16.9. The Morgan fingerprint density at radius 1 is 0.244 bits per heavy atom. The second-order valence-corrected chi connectivity index (χ2v) is 27.7. The van der Waals surface area contributed by atoms with Crippen LogP contribution in [0.3, 0.4) is 0 Å². The lowest BCUT2D eigenvalue weighted by Gasteiger charge is -2.22. The van der Waals surface area contributed by atoms with Gasteiger partial charge in [0, 0.05) is 87.1 Å². The Labute approximate surface area is 499 Å². The number of nitrogens with zero attached hydrogens (tertiary/aromatic N) is 4. The van der Waals surface area contributed by atoms with Crippen molar-refractivity contribution < 1.29 is 0 Å². The lowest BCUT2D eigenvalue weighted by molar-refractivity contribution is 0.591. The zero-order valence-corrected chi connectivity index (χ0v) is 50.2. The molecule has 0 fully saturated rings. The van der Waals surface area contributed by atoms with Crippen molar-refractivity contribution in [2.75, 3.05) is 0 Å². The molecule has 0 atom stereocenters. The summed E-state index contributed by atoms with van der Waals surface area (Å²) >= 11 is 0. The molecular formula is C82H64N4. The summed E-state index contributed by atoms with van der Waals surface area (Å²) in [7, 11) is 0. The van der Waals surface area contributed by atoms with E-state index >= 15 is 0 Å². The van der Waals surface area contributed by atoms with E-state index in [2.05, 4.69) is 305 Å². The smallest absolute Gasteiger partial charge is 0.0626 e. The SMILES string of the molecule is CC(C)(C)c1cc(-c2ccc3c(c2)c2ccccc2n3-c2ccccc2)c2c(c1)c1cc(C(C)(C)C)cc3c4c5c6cc(C(C)(C)C)cc7c8c9ccccc9cc(-c9ccc%10c(c9)c9ccccc9n%10-c9ccccc9)c8n(c5ccc4n2c13)c67. The Balaban J connectivity index is 0.992. The van der Waals surface area contributed by atoms with Gasteiger partial charge in [0.15, 0.2) is 0 Å². The van der Waals surface area contributed by atoms with Gasteiger partial charge in [-0.05, 0) is 170 Å². The normalized spacial score (nSPS) is 13.2. The Bertz CT molecular complexity index is 5920. The minimum absolute atomic E-state index is 0.102. The van der Waals surface area contributed by atoms with E-state index in [4.69, 9.17) is 0 Å². The topological polar surface area (TPSA) is 18.7 Å². The second-order valence-electron chi connectivity index (χ2n) is 27.7. The first kappa shape index (κ1) is 49.5. The fourth-order valence-corrected chi connectivity index (χ4v) is 15.4. The van der Waals surface area contributed by atoms with Crippen LogP contribution in [0, 0.1) is 0 Å². The molecule has 0 N–H and O–H groups in total. The molecule has 18 rings (SSSR count). The van der Waals surface area contributed by atoms with Crippen LogP contribution in [0.4, 0.5) is 0 Å². The van der Waals surface area contributed by atoms with Crippen molar-refractivity contribution in [3.63, 3.8) is 0 Å². The van der Waals surface area contributed by atoms with E-state index < -0.39 is 0 Å². The highest BCUT2D eigenvalue weighted by atomic mass is 15.0. The van der Waals surface area contributed by atoms with Crippen molar-refractivity contribution >= 4 is 131 Å². The highest BCUT2D eigenvalue weighted by molar-refractivity contribution is 6.38. The number of hydrogen-bond donors (Lipinski definition) is 0. The quantitative estimate of drug-likeness (QED) is 0.167. The lowest BCUT2D eigenvalue weighted by Crippen LogP contribution is -2.11. The van der Waals surface area contributed by atoms with Gasteiger partial charge < -0.3 is 17.9 Å². The van der Waals surface area contributed by atoms with Crippen LogP contribution in [0.2, 0.25) is 0 Å². The monoisotopic (exact) mass is 1100 g/mol. The number of hydrogen-bond acceptors (Lipinski definition) is 0. The molecule has 12 aromatic carbocycles. The summed E-state index contributed by atoms with van der Waals surface area (Å²) in [4.78, 5) is 0. The van der Waals surface area contributed by atoms with Crippen LogP contribution in [0.15, 0.2) is 224 Å². The van der Waals surface area contributed by atoms with Gasteiger partial charge in [-0.2, -0.15) is 0 Å². The molecule has 4 nitrogen and oxygen atoms in total. The molecule has 6 heterocycles. The molecule has 0 aliphatic heterocycles. The zero-order chi connectivity index (χ0) is 58.0. The summed E-state index contributed by atoms with van der Waals surface area (Å²) in [5.41, 5.74) is 23.4. The number of aromatic nitrogens is 4. The van der Waals surface area contributed by atoms with E-state index in [-0.39, 0.29) is 16.2 Å². The zero-order valence-electron chi connectivity index (χ0n) is 50.2. The predicted octanol–water partition coefficient (Wildman–Crippen LogP) is 22.6. The fourth-order valence-electron chi connectivity index (χ4n) is 15.4. The molecule has 0 amide bonds. The molecule has 412 valence electrons. The van der Waals surface area contributed by atoms with Crippen LogP contribution in [0.25, 0.3) is 164 Å². The van der Waals surface area contributed by atoms with Crippen molar-refractivity contribution in [2.24, 2.45) is 0 Å². The van der Waals surface area contributed by atoms with E-state index in [1.54, 1.807) is 0 Å². The average Bonchev–Trinajstić information content (AvgIpc) is 1.51. The van der Waals surface area contributed by atoms with Gasteiger partial charge in [-0.1, -0.05) is 172 Å². The summed E-state index contributed by atoms with van der Waals surface area (Å²) < 4.78 is 10.2. The number of fused-ring (bicyclic) bond motifs is 21. The lowest BCUT2D eigenvalue weighted by atomic mass is 9.82. The molecule has 0 saturated heterocycles. The van der Waals surface area contributed by atoms with Gasteiger partial charge in [0.1, 0.15) is 0 Å². The first-order chi connectivity index (χ1) is 41.6. The van der Waals surface area contributed by atoms with E-state index in [1.807, 2.05) is 0 Å². The minimum Gasteiger partial charge on any atom is -0.309 e. The van der Waals surface area contributed by atoms with Crippen LogP contribution in [0.1, 0.15) is 79.0 Å². The van der Waals surface area contributed by atoms with Crippen molar-refractivity contribution in [3.05, 3.63) is 241 Å². The van der Waals surface area contributed by atoms with Crippen molar-refractivity contribution in [2.45, 2.75) is 78.6 Å². The van der Waals surface area contributed by atoms with Gasteiger partial charge in [-0.3, -0.25) is 0 Å². The van der Waals surface area contributed by atoms with E-state index in [1.165, 1.54) is 175 Å². The van der Waals surface area contributed by atoms with E-state index in [0.717, 1.165) is 5.69 Å². The van der Waals surface area contributed by atoms with Gasteiger partial charge in [0.05, 0.1) is 55.2 Å². The number of benzene rings is 12. The molecule has 0 saturated carbocycles. The highest BCUT2D eigenvalue weighted by Crippen LogP contribution is 2.53. The third-order valence-electron chi connectivity index (χ3n) is 19.6. The summed E-state index contributed by atoms with van der Waals surface area (Å²) in [6, 6.07) is 85.7. The van der Waals surface area contributed by atoms with Crippen LogP contribution < -0.4 is 0 Å². The Kier molecular flexibility index (Phi) is 9.74. The van der Waals surface area contributed by atoms with E-state index in [0.29, 0.717) is 0 Å². The van der Waals surface area contributed by atoms with E-state index in [9.17, 15) is 0 Å². The van der Waals surface area contributed by atoms with Crippen molar-refractivity contribution in [1.82, 2.24) is 17.9 Å². The molecule has 86 heavy (non-hydrogen) atoms. The molecule has 18 aromatic rings. The summed E-state index contributed by atoms with van der Waals surface area (Å²) in [6.07, 6.45) is 0. The molecule has 6 aromatic heterocycles. The molecular weight excluding hydrogens is 1040 g/mol. The maximum atomic E-state index is 2.68. The van der Waals surface area contributed by atoms with Gasteiger partial charge in [-0.25, -0.2) is 0 Å². The molecule has 0 aliphatic rings. The van der Waals surface area contributed by atoms with Gasteiger partial charge in [-0.15, -0.1) is 0 Å². The highest BCUT2D eigenvalue weighted by Gasteiger charge is 2.32. The summed E-state index contributed by atoms with van der Waals surface area (Å²) in [5, 5.41) is 18.1. The number of rotatable bonds is 4. The Morgan fingerprint density at radius 3 is 1.13 bits per heavy atom. The van der Waals surface area contributed by atoms with Crippen LogP contribution in [-0.4, -0.2) is 17.9 Å². The fraction of sp³-hybridized carbons (Fsp3) is 0.146. The van der Waals surface area contributed by atoms with Gasteiger partial charge in [0.2, 0.25) is 0 Å². The molecule has 4 heteroatoms. The van der Waals surface area contributed by atoms with Gasteiger partial charge >= 0.3 is 0 Å². The average molecular weight is 1110 g/mol. The largest absolute Gasteiger partial charge is 0.309 e. The summed E-state index contributed by atoms with van der Waals surface area (Å²) in [6.45, 7) is 21.4. The van der Waals surface area contributed by atoms with Gasteiger partial charge in [0.25, 0.3) is 0 Å². The van der Waals surface area contributed by atoms with Crippen molar-refractivity contribution in [1.29, 1.82) is 0 Å². The minimum atomic E-state index is -0.125. The predicted molar refractivity (Wildman–Crippen MR) is 369 cm³/mol. The first-order valence-corrected chi connectivity index (χ1v) is 30.7. The number of para-hydroxylation sites is 4. The van der Waals surface area contributed by atoms with Crippen LogP contribution >= 0.6 is 0 Å². The first-order valence-electron chi connectivity index (χ1n) is 30.7. The van der Waals surface area contributed by atoms with Crippen molar-refractivity contribution in [3.8, 4) is 33.6 Å². The third-order valence-corrected chi connectivity index (χ3v) is 19.6. The Morgan fingerprint density at radius 2 is 0.616 bits per heavy atom. The molecule has 0 spiro atoms. The maximum Gasteiger partial charge on any atom is 0.0626 e. The summed E-state index contributed by atoms with van der Waals surface area (Å²) in [5.74, 6) is 0.